The Hall–Kier alpha value is -4.72. The van der Waals surface area contributed by atoms with Gasteiger partial charge in [0.25, 0.3) is 0 Å². The van der Waals surface area contributed by atoms with Gasteiger partial charge in [-0.15, -0.1) is 0 Å². The van der Waals surface area contributed by atoms with E-state index in [1.807, 2.05) is 60.7 Å². The summed E-state index contributed by atoms with van der Waals surface area (Å²) in [4.78, 5) is 22.2. The van der Waals surface area contributed by atoms with Crippen LogP contribution in [-0.4, -0.2) is 153 Å². The van der Waals surface area contributed by atoms with E-state index in [2.05, 4.69) is 205 Å². The summed E-state index contributed by atoms with van der Waals surface area (Å²) in [5.74, 6) is 1.93. The van der Waals surface area contributed by atoms with Gasteiger partial charge in [-0.1, -0.05) is 159 Å². The molecule has 16 nitrogen and oxygen atoms in total. The molecule has 107 heavy (non-hydrogen) atoms. The number of aromatic hydroxyl groups is 1. The van der Waals surface area contributed by atoms with Crippen molar-refractivity contribution < 1.29 is 101 Å². The molecular weight excluding hydrogens is 1550 g/mol. The van der Waals surface area contributed by atoms with Crippen molar-refractivity contribution in [1.82, 2.24) is 15.1 Å². The Balaban J connectivity index is 0.000000205. The van der Waals surface area contributed by atoms with Crippen LogP contribution in [0.2, 0.25) is 15.1 Å². The molecule has 8 aromatic rings. The molecule has 5 heterocycles. The summed E-state index contributed by atoms with van der Waals surface area (Å²) in [7, 11) is 0. The second kappa shape index (κ2) is 47.6. The molecule has 5 fully saturated rings. The first kappa shape index (κ1) is 87.8. The summed E-state index contributed by atoms with van der Waals surface area (Å²) >= 11 is 31.5. The Morgan fingerprint density at radius 3 is 1.32 bits per heavy atom. The summed E-state index contributed by atoms with van der Waals surface area (Å²) in [6.45, 7) is 19.6. The molecule has 0 amide bonds. The van der Waals surface area contributed by atoms with Gasteiger partial charge in [-0.3, -0.25) is 9.80 Å². The third-order valence-corrected chi connectivity index (χ3v) is 20.2. The van der Waals surface area contributed by atoms with Crippen LogP contribution in [0.15, 0.2) is 206 Å². The van der Waals surface area contributed by atoms with E-state index in [0.717, 1.165) is 129 Å². The Kier molecular flexibility index (Phi) is 39.1. The third-order valence-electron chi connectivity index (χ3n) is 18.9. The molecule has 9 atom stereocenters. The van der Waals surface area contributed by atoms with Crippen LogP contribution >= 0.6 is 73.9 Å². The minimum absolute atomic E-state index is 0. The fourth-order valence-corrected chi connectivity index (χ4v) is 14.3. The zero-order valence-electron chi connectivity index (χ0n) is 63.0. The summed E-state index contributed by atoms with van der Waals surface area (Å²) in [5.41, 5.74) is 8.44. The molecule has 3 unspecified atom stereocenters. The molecule has 0 saturated carbocycles. The van der Waals surface area contributed by atoms with E-state index in [1.54, 1.807) is 12.1 Å². The summed E-state index contributed by atoms with van der Waals surface area (Å²) in [5, 5.41) is 25.3. The minimum atomic E-state index is -0.873. The van der Waals surface area contributed by atoms with Crippen molar-refractivity contribution in [1.29, 1.82) is 0 Å². The second-order valence-electron chi connectivity index (χ2n) is 26.8. The first-order valence-corrected chi connectivity index (χ1v) is 39.8. The third kappa shape index (κ3) is 29.7. The maximum atomic E-state index is 9.71. The van der Waals surface area contributed by atoms with Gasteiger partial charge in [-0.05, 0) is 203 Å². The number of hydrogen-bond donors (Lipinski definition) is 3. The number of halogens is 6. The Labute approximate surface area is 711 Å². The van der Waals surface area contributed by atoms with E-state index < -0.39 is 11.0 Å². The SMILES string of the molecule is BrCCOC1CCCCO1.CC(Cl)OC(=O)Cl.C[C@@H]1CN(c2ccc(O)cc2)[C@H](c2ccc(Cl)cc2)CN1Cc1ccccc1.C[C@@H]1CN(c2ccc(OCCO)cc2)[C@H](c2ccc(Cl)cc2)CN1.C[C@@H]1CN(c2ccc(OCCOC3CCCCO3)cc2)[C@H](c2ccc(Cl)cc2)CN1Cc1ccccc1.[H-].[K+]. The molecule has 8 aromatic carbocycles. The Morgan fingerprint density at radius 2 is 0.935 bits per heavy atom. The van der Waals surface area contributed by atoms with Crippen molar-refractivity contribution >= 4 is 96.4 Å². The number of phenolic OH excluding ortho intramolecular Hbond substituents is 1. The number of carbonyl (C=O) groups excluding carboxylic acids is 1. The smallest absolute Gasteiger partial charge is 1.00 e. The van der Waals surface area contributed by atoms with Crippen molar-refractivity contribution in [3.8, 4) is 17.2 Å². The second-order valence-corrected chi connectivity index (χ2v) is 29.9. The molecule has 0 spiro atoms. The van der Waals surface area contributed by atoms with E-state index >= 15 is 0 Å². The van der Waals surface area contributed by atoms with Crippen LogP contribution in [0.5, 0.6) is 17.2 Å². The zero-order chi connectivity index (χ0) is 75.0. The van der Waals surface area contributed by atoms with Gasteiger partial charge in [0.15, 0.2) is 18.1 Å². The van der Waals surface area contributed by atoms with Gasteiger partial charge >= 0.3 is 56.8 Å². The number of aliphatic hydroxyl groups is 1. The van der Waals surface area contributed by atoms with Crippen molar-refractivity contribution in [2.45, 2.75) is 134 Å². The van der Waals surface area contributed by atoms with Crippen LogP contribution < -0.4 is 80.9 Å². The Bertz CT molecular complexity index is 3760. The van der Waals surface area contributed by atoms with Crippen LogP contribution in [0.3, 0.4) is 0 Å². The van der Waals surface area contributed by atoms with E-state index in [1.165, 1.54) is 65.4 Å². The molecule has 0 bridgehead atoms. The number of rotatable bonds is 22. The quantitative estimate of drug-likeness (QED) is 0.0255. The van der Waals surface area contributed by atoms with Crippen LogP contribution in [0.4, 0.5) is 21.9 Å². The number of alkyl halides is 2. The number of phenols is 1. The molecule has 0 aromatic heterocycles. The van der Waals surface area contributed by atoms with E-state index in [4.69, 9.17) is 91.5 Å². The van der Waals surface area contributed by atoms with Crippen LogP contribution in [-0.2, 0) is 36.8 Å². The van der Waals surface area contributed by atoms with E-state index in [9.17, 15) is 9.90 Å². The fourth-order valence-electron chi connectivity index (χ4n) is 13.4. The molecule has 5 aliphatic heterocycles. The normalized spacial score (nSPS) is 21.2. The number of nitrogens with one attached hydrogen (secondary N) is 1. The monoisotopic (exact) mass is 1650 g/mol. The predicted molar refractivity (Wildman–Crippen MR) is 435 cm³/mol. The first-order valence-electron chi connectivity index (χ1n) is 36.7. The number of nitrogens with zero attached hydrogens (tertiary/aromatic N) is 5. The van der Waals surface area contributed by atoms with E-state index in [-0.39, 0.29) is 90.1 Å². The molecule has 3 N–H and O–H groups in total. The number of piperazine rings is 3. The van der Waals surface area contributed by atoms with Crippen molar-refractivity contribution in [3.63, 3.8) is 0 Å². The standard InChI is InChI=1S/C31H37ClN2O3.C24H25ClN2O.C19H23ClN2O2.C7H13BrO2.C3H4Cl2O2.K.H/c1-24-21-34(28-14-16-29(17-15-28)35-19-20-37-31-9-5-6-18-36-31)30(26-10-12-27(32)13-11-26)23-33(24)22-25-7-3-2-4-8-25;1-18-15-27(22-11-13-23(28)14-12-22)24(20-7-9-21(25)10-8-20)17-26(18)16-19-5-3-2-4-6-19;1-14-13-22(17-6-8-18(9-7-17)24-11-10-23)19(12-21-14)15-2-4-16(20)5-3-15;8-4-6-10-7-3-1-2-5-9-7;1-2(4)7-3(5)6;;/h2-4,7-8,10-17,24,30-31H,5-6,9,18-23H2,1H3;2-14,18,24,28H,15-17H2,1H3;2-9,14,19,21,23H,10-13H2,1H3;7H,1-6H2;2H,1H3;;/q;;;;;+1;-1/t24-,30+,31?;18-,24+;14-,19+;;;;/m111..../s1. The molecule has 0 aliphatic carbocycles. The molecule has 13 rings (SSSR count). The van der Waals surface area contributed by atoms with Gasteiger partial charge < -0.3 is 64.8 Å². The summed E-state index contributed by atoms with van der Waals surface area (Å²) < 4.78 is 37.6. The largest absolute Gasteiger partial charge is 1.00 e. The van der Waals surface area contributed by atoms with Crippen LogP contribution in [0.25, 0.3) is 0 Å². The van der Waals surface area contributed by atoms with Crippen LogP contribution in [0, 0.1) is 0 Å². The van der Waals surface area contributed by atoms with Gasteiger partial charge in [0.2, 0.25) is 0 Å². The summed E-state index contributed by atoms with van der Waals surface area (Å²) in [6, 6.07) is 71.9. The topological polar surface area (TPSA) is 150 Å². The average Bonchev–Trinajstić information content (AvgIpc) is 0.801. The van der Waals surface area contributed by atoms with Crippen LogP contribution in [0.1, 0.15) is 114 Å². The average molecular weight is 1650 g/mol. The van der Waals surface area contributed by atoms with Crippen molar-refractivity contribution in [3.05, 3.63) is 249 Å². The van der Waals surface area contributed by atoms with Gasteiger partial charge in [-0.25, -0.2) is 4.79 Å². The van der Waals surface area contributed by atoms with Gasteiger partial charge in [0.1, 0.15) is 30.5 Å². The fraction of sp³-hybridized carbons (Fsp3) is 0.417. The number of hydrogen-bond acceptors (Lipinski definition) is 16. The summed E-state index contributed by atoms with van der Waals surface area (Å²) in [6.07, 6.45) is 6.76. The Morgan fingerprint density at radius 1 is 0.533 bits per heavy atom. The van der Waals surface area contributed by atoms with Crippen molar-refractivity contribution in [2.75, 3.05) is 106 Å². The number of anilines is 3. The predicted octanol–water partition coefficient (Wildman–Crippen LogP) is 16.4. The van der Waals surface area contributed by atoms with Gasteiger partial charge in [0.05, 0.1) is 37.9 Å². The van der Waals surface area contributed by atoms with E-state index in [0.29, 0.717) is 43.7 Å². The first-order chi connectivity index (χ1) is 51.5. The number of ether oxygens (including phenoxy) is 7. The molecule has 5 saturated heterocycles. The molecule has 5 aliphatic rings. The molecular formula is C84H103BrCl5KN6O10. The van der Waals surface area contributed by atoms with Crippen molar-refractivity contribution in [2.24, 2.45) is 0 Å². The zero-order valence-corrected chi connectivity index (χ0v) is 70.5. The molecule has 572 valence electrons. The molecule has 0 radical (unpaired) electrons. The minimum Gasteiger partial charge on any atom is -1.00 e. The molecule has 23 heteroatoms. The van der Waals surface area contributed by atoms with Gasteiger partial charge in [-0.2, -0.15) is 0 Å². The number of carbonyl (C=O) groups is 1. The number of aliphatic hydroxyl groups excluding tert-OH is 1. The maximum Gasteiger partial charge on any atom is 1.00 e. The number of benzene rings is 8. The van der Waals surface area contributed by atoms with Gasteiger partial charge in [0, 0.05) is 133 Å². The maximum absolute atomic E-state index is 9.71.